The second-order valence-corrected chi connectivity index (χ2v) is 6.83. The third kappa shape index (κ3) is 6.39. The Morgan fingerprint density at radius 3 is 2.16 bits per heavy atom. The Labute approximate surface area is 171 Å². The maximum Gasteiger partial charge on any atom is 0.388 e. The zero-order valence-corrected chi connectivity index (χ0v) is 16.0. The van der Waals surface area contributed by atoms with E-state index >= 15 is 0 Å². The van der Waals surface area contributed by atoms with E-state index in [1.165, 1.54) is 30.3 Å². The van der Waals surface area contributed by atoms with Crippen LogP contribution in [0.15, 0.2) is 35.2 Å². The van der Waals surface area contributed by atoms with Gasteiger partial charge >= 0.3 is 25.2 Å². The summed E-state index contributed by atoms with van der Waals surface area (Å²) in [5.41, 5.74) is -1.10. The van der Waals surface area contributed by atoms with E-state index in [-0.39, 0.29) is 4.90 Å². The molecule has 2 rings (SSSR count). The minimum Gasteiger partial charge on any atom is -0.464 e. The van der Waals surface area contributed by atoms with Gasteiger partial charge in [0.25, 0.3) is 15.9 Å². The number of hydrogen-bond donors (Lipinski definition) is 2. The summed E-state index contributed by atoms with van der Waals surface area (Å²) in [6.07, 6.45) is 0. The molecule has 16 heteroatoms. The van der Waals surface area contributed by atoms with Gasteiger partial charge in [0.1, 0.15) is 0 Å². The van der Waals surface area contributed by atoms with Gasteiger partial charge in [-0.2, -0.15) is 22.5 Å². The van der Waals surface area contributed by atoms with Crippen molar-refractivity contribution < 1.29 is 49.8 Å². The van der Waals surface area contributed by atoms with Crippen molar-refractivity contribution in [3.05, 3.63) is 36.0 Å². The molecule has 0 aliphatic carbocycles. The fraction of sp³-hybridized carbons (Fsp3) is 0.200. The van der Waals surface area contributed by atoms with E-state index in [2.05, 4.69) is 24.2 Å². The predicted molar refractivity (Wildman–Crippen MR) is 92.4 cm³/mol. The fourth-order valence-corrected chi connectivity index (χ4v) is 2.92. The van der Waals surface area contributed by atoms with E-state index in [1.807, 2.05) is 0 Å². The van der Waals surface area contributed by atoms with E-state index in [1.54, 1.807) is 10.0 Å². The lowest BCUT2D eigenvalue weighted by atomic mass is 10.3. The quantitative estimate of drug-likeness (QED) is 0.439. The number of amides is 2. The lowest BCUT2D eigenvalue weighted by Crippen LogP contribution is -2.35. The number of aromatic nitrogens is 2. The molecule has 2 aromatic rings. The van der Waals surface area contributed by atoms with E-state index < -0.39 is 58.5 Å². The summed E-state index contributed by atoms with van der Waals surface area (Å²) in [6, 6.07) is 5.17. The highest BCUT2D eigenvalue weighted by Gasteiger charge is 2.28. The van der Waals surface area contributed by atoms with E-state index in [0.717, 1.165) is 7.11 Å². The topological polar surface area (TPSA) is 146 Å². The number of hydrogen-bond acceptors (Lipinski definition) is 9. The second-order valence-electron chi connectivity index (χ2n) is 5.15. The van der Waals surface area contributed by atoms with Crippen LogP contribution in [0.5, 0.6) is 11.6 Å². The number of halogens is 4. The summed E-state index contributed by atoms with van der Waals surface area (Å²) in [6.45, 7) is -7.19. The van der Waals surface area contributed by atoms with Crippen molar-refractivity contribution in [3.63, 3.8) is 0 Å². The van der Waals surface area contributed by atoms with Crippen molar-refractivity contribution in [2.75, 3.05) is 12.4 Å². The van der Waals surface area contributed by atoms with Crippen molar-refractivity contribution >= 4 is 28.0 Å². The van der Waals surface area contributed by atoms with Crippen LogP contribution in [0.3, 0.4) is 0 Å². The summed E-state index contributed by atoms with van der Waals surface area (Å²) in [5, 5.41) is 1.75. The third-order valence-electron chi connectivity index (χ3n) is 3.13. The molecule has 0 saturated heterocycles. The van der Waals surface area contributed by atoms with Gasteiger partial charge in [-0.05, 0) is 12.1 Å². The van der Waals surface area contributed by atoms with Crippen molar-refractivity contribution in [2.45, 2.75) is 18.1 Å². The minimum atomic E-state index is -4.35. The Kier molecular flexibility index (Phi) is 7.51. The molecular weight excluding hydrogens is 456 g/mol. The zero-order chi connectivity index (χ0) is 23.2. The Hall–Kier alpha value is -3.69. The molecule has 2 amide bonds. The van der Waals surface area contributed by atoms with Gasteiger partial charge in [-0.3, -0.25) is 5.32 Å². The number of ether oxygens (including phenoxy) is 3. The third-order valence-corrected chi connectivity index (χ3v) is 4.47. The molecule has 0 bridgehead atoms. The number of sulfonamides is 1. The Morgan fingerprint density at radius 1 is 1.00 bits per heavy atom. The van der Waals surface area contributed by atoms with Crippen LogP contribution in [-0.2, 0) is 14.8 Å². The van der Waals surface area contributed by atoms with Gasteiger partial charge in [0.15, 0.2) is 5.69 Å². The van der Waals surface area contributed by atoms with Gasteiger partial charge < -0.3 is 14.2 Å². The van der Waals surface area contributed by atoms with Crippen LogP contribution < -0.4 is 19.5 Å². The second kappa shape index (κ2) is 9.88. The first kappa shape index (κ1) is 23.6. The highest BCUT2D eigenvalue weighted by Crippen LogP contribution is 2.32. The zero-order valence-electron chi connectivity index (χ0n) is 15.2. The molecular formula is C15H12F4N4O7S. The molecule has 1 heterocycles. The number of urea groups is 1. The van der Waals surface area contributed by atoms with Crippen LogP contribution >= 0.6 is 0 Å². The average Bonchev–Trinajstić information content (AvgIpc) is 2.68. The van der Waals surface area contributed by atoms with Gasteiger partial charge in [-0.1, -0.05) is 18.2 Å². The molecule has 0 radical (unpaired) electrons. The molecule has 2 N–H and O–H groups in total. The van der Waals surface area contributed by atoms with Gasteiger partial charge in [-0.15, -0.1) is 0 Å². The molecule has 0 unspecified atom stereocenters. The van der Waals surface area contributed by atoms with Crippen LogP contribution in [0.1, 0.15) is 10.5 Å². The lowest BCUT2D eigenvalue weighted by molar-refractivity contribution is -0.0722. The van der Waals surface area contributed by atoms with E-state index in [4.69, 9.17) is 0 Å². The normalized spacial score (nSPS) is 11.2. The number of methoxy groups -OCH3 is 1. The van der Waals surface area contributed by atoms with Crippen LogP contribution in [-0.4, -0.2) is 50.7 Å². The number of carbonyl (C=O) groups is 2. The molecule has 11 nitrogen and oxygen atoms in total. The summed E-state index contributed by atoms with van der Waals surface area (Å²) in [4.78, 5) is 30.1. The van der Waals surface area contributed by atoms with Crippen molar-refractivity contribution in [2.24, 2.45) is 0 Å². The first-order chi connectivity index (χ1) is 14.5. The summed E-state index contributed by atoms with van der Waals surface area (Å²) in [5.74, 6) is -5.02. The molecule has 31 heavy (non-hydrogen) atoms. The number of rotatable bonds is 8. The average molecular weight is 468 g/mol. The summed E-state index contributed by atoms with van der Waals surface area (Å²) < 4.78 is 88.5. The first-order valence-electron chi connectivity index (χ1n) is 7.82. The Morgan fingerprint density at radius 2 is 1.61 bits per heavy atom. The highest BCUT2D eigenvalue weighted by atomic mass is 32.2. The number of nitrogens with zero attached hydrogens (tertiary/aromatic N) is 2. The molecule has 1 aromatic carbocycles. The van der Waals surface area contributed by atoms with Crippen LogP contribution in [0.2, 0.25) is 0 Å². The van der Waals surface area contributed by atoms with Crippen molar-refractivity contribution in [1.29, 1.82) is 0 Å². The number of nitrogens with one attached hydrogen (secondary N) is 2. The number of alkyl halides is 4. The van der Waals surface area contributed by atoms with Gasteiger partial charge in [0.05, 0.1) is 12.0 Å². The van der Waals surface area contributed by atoms with Gasteiger partial charge in [-0.25, -0.2) is 27.7 Å². The Balaban J connectivity index is 2.39. The summed E-state index contributed by atoms with van der Waals surface area (Å²) >= 11 is 0. The van der Waals surface area contributed by atoms with E-state index in [9.17, 15) is 35.6 Å². The molecule has 1 aromatic heterocycles. The molecule has 168 valence electrons. The van der Waals surface area contributed by atoms with E-state index in [0.29, 0.717) is 0 Å². The van der Waals surface area contributed by atoms with Crippen LogP contribution in [0.4, 0.5) is 28.3 Å². The monoisotopic (exact) mass is 468 g/mol. The Bertz CT molecular complexity index is 1050. The molecule has 0 spiro atoms. The standard InChI is InChI=1S/C15H12F4N4O7S/c1-28-11(24)8-9(29-12(16)17)10(30-13(18)19)21-14(20-8)22-15(25)23-31(26,27)7-5-3-2-4-6-7/h2-6,12-13H,1H3,(H2,20,21,22,23,25). The summed E-state index contributed by atoms with van der Waals surface area (Å²) in [7, 11) is -3.53. The smallest absolute Gasteiger partial charge is 0.388 e. The molecule has 0 fully saturated rings. The highest BCUT2D eigenvalue weighted by molar-refractivity contribution is 7.90. The maximum absolute atomic E-state index is 12.6. The number of benzene rings is 1. The number of anilines is 1. The lowest BCUT2D eigenvalue weighted by Gasteiger charge is -2.15. The SMILES string of the molecule is COC(=O)c1nc(NC(=O)NS(=O)(=O)c2ccccc2)nc(OC(F)F)c1OC(F)F. The fourth-order valence-electron chi connectivity index (χ4n) is 1.99. The predicted octanol–water partition coefficient (Wildman–Crippen LogP) is 1.98. The maximum atomic E-state index is 12.6. The number of esters is 1. The van der Waals surface area contributed by atoms with Gasteiger partial charge in [0, 0.05) is 0 Å². The van der Waals surface area contributed by atoms with Crippen LogP contribution in [0, 0.1) is 0 Å². The number of carbonyl (C=O) groups excluding carboxylic acids is 2. The molecule has 0 atom stereocenters. The first-order valence-corrected chi connectivity index (χ1v) is 9.30. The molecule has 0 aliphatic rings. The van der Waals surface area contributed by atoms with Crippen LogP contribution in [0.25, 0.3) is 0 Å². The molecule has 0 aliphatic heterocycles. The van der Waals surface area contributed by atoms with Gasteiger partial charge in [0.2, 0.25) is 11.7 Å². The molecule has 0 saturated carbocycles. The minimum absolute atomic E-state index is 0.288. The largest absolute Gasteiger partial charge is 0.464 e. The van der Waals surface area contributed by atoms with Crippen molar-refractivity contribution in [1.82, 2.24) is 14.7 Å². The van der Waals surface area contributed by atoms with Crippen molar-refractivity contribution in [3.8, 4) is 11.6 Å².